The number of piperidine rings is 1. The van der Waals surface area contributed by atoms with Gasteiger partial charge >= 0.3 is 0 Å². The predicted octanol–water partition coefficient (Wildman–Crippen LogP) is 0.367. The van der Waals surface area contributed by atoms with Crippen molar-refractivity contribution in [3.63, 3.8) is 0 Å². The molecular formula is C7H15NO. The Kier molecular flexibility index (Phi) is 2.49. The number of rotatable bonds is 1. The van der Waals surface area contributed by atoms with Gasteiger partial charge in [0.1, 0.15) is 0 Å². The van der Waals surface area contributed by atoms with Gasteiger partial charge < -0.3 is 10.4 Å². The highest BCUT2D eigenvalue weighted by Crippen LogP contribution is 2.13. The average Bonchev–Trinajstić information content (AvgIpc) is 1.90. The summed E-state index contributed by atoms with van der Waals surface area (Å²) in [4.78, 5) is 0. The number of nitrogens with one attached hydrogen (secondary N) is 1. The van der Waals surface area contributed by atoms with Crippen molar-refractivity contribution >= 4 is 0 Å². The Morgan fingerprint density at radius 1 is 1.67 bits per heavy atom. The zero-order chi connectivity index (χ0) is 6.69. The Morgan fingerprint density at radius 3 is 2.78 bits per heavy atom. The van der Waals surface area contributed by atoms with E-state index in [4.69, 9.17) is 5.11 Å². The van der Waals surface area contributed by atoms with Crippen molar-refractivity contribution in [3.8, 4) is 0 Å². The van der Waals surface area contributed by atoms with Crippen LogP contribution < -0.4 is 5.32 Å². The third kappa shape index (κ3) is 1.95. The van der Waals surface area contributed by atoms with Crippen molar-refractivity contribution in [1.82, 2.24) is 5.32 Å². The van der Waals surface area contributed by atoms with Gasteiger partial charge in [0.15, 0.2) is 0 Å². The summed E-state index contributed by atoms with van der Waals surface area (Å²) in [6.45, 7) is 4.00. The quantitative estimate of drug-likeness (QED) is 0.536. The highest BCUT2D eigenvalue weighted by Gasteiger charge is 2.16. The molecule has 0 aromatic carbocycles. The first-order valence-corrected chi connectivity index (χ1v) is 3.69. The normalized spacial score (nSPS) is 32.0. The number of aliphatic hydroxyl groups is 1. The fourth-order valence-corrected chi connectivity index (χ4v) is 1.29. The molecule has 2 N–H and O–H groups in total. The lowest BCUT2D eigenvalue weighted by Gasteiger charge is -2.24. The first-order chi connectivity index (χ1) is 4.30. The second-order valence-corrected chi connectivity index (χ2v) is 2.85. The van der Waals surface area contributed by atoms with Crippen molar-refractivity contribution in [2.45, 2.75) is 25.9 Å². The van der Waals surface area contributed by atoms with Gasteiger partial charge in [0.2, 0.25) is 0 Å². The van der Waals surface area contributed by atoms with Crippen molar-refractivity contribution in [1.29, 1.82) is 0 Å². The third-order valence-corrected chi connectivity index (χ3v) is 2.02. The lowest BCUT2D eigenvalue weighted by Crippen LogP contribution is -2.35. The Morgan fingerprint density at radius 2 is 2.44 bits per heavy atom. The lowest BCUT2D eigenvalue weighted by atomic mass is 9.95. The molecular weight excluding hydrogens is 114 g/mol. The average molecular weight is 129 g/mol. The first kappa shape index (κ1) is 7.03. The maximum Gasteiger partial charge on any atom is 0.0552 e. The molecule has 1 fully saturated rings. The fraction of sp³-hybridized carbons (Fsp3) is 1.00. The summed E-state index contributed by atoms with van der Waals surface area (Å²) in [6.07, 6.45) is 2.28. The Hall–Kier alpha value is -0.0800. The molecule has 2 atom stereocenters. The van der Waals surface area contributed by atoms with E-state index >= 15 is 0 Å². The van der Waals surface area contributed by atoms with E-state index in [0.29, 0.717) is 5.92 Å². The SMILES string of the molecule is C[C@H](O)[C@@H]1CCCNC1. The maximum atomic E-state index is 9.14. The van der Waals surface area contributed by atoms with Crippen molar-refractivity contribution in [2.24, 2.45) is 5.92 Å². The minimum Gasteiger partial charge on any atom is -0.393 e. The Bertz CT molecular complexity index is 77.0. The zero-order valence-corrected chi connectivity index (χ0v) is 5.93. The molecule has 1 aliphatic heterocycles. The van der Waals surface area contributed by atoms with Gasteiger partial charge in [-0.1, -0.05) is 0 Å². The van der Waals surface area contributed by atoms with Gasteiger partial charge in [-0.2, -0.15) is 0 Å². The van der Waals surface area contributed by atoms with E-state index in [1.54, 1.807) is 0 Å². The van der Waals surface area contributed by atoms with E-state index in [1.807, 2.05) is 6.92 Å². The van der Waals surface area contributed by atoms with Gasteiger partial charge in [-0.15, -0.1) is 0 Å². The minimum atomic E-state index is -0.127. The van der Waals surface area contributed by atoms with Gasteiger partial charge in [-0.25, -0.2) is 0 Å². The summed E-state index contributed by atoms with van der Waals surface area (Å²) in [7, 11) is 0. The molecule has 2 nitrogen and oxygen atoms in total. The molecule has 9 heavy (non-hydrogen) atoms. The fourth-order valence-electron chi connectivity index (χ4n) is 1.29. The van der Waals surface area contributed by atoms with Crippen LogP contribution in [-0.4, -0.2) is 24.3 Å². The molecule has 1 aliphatic rings. The second kappa shape index (κ2) is 3.18. The molecule has 1 heterocycles. The molecule has 1 rings (SSSR count). The molecule has 54 valence electrons. The Balaban J connectivity index is 2.23. The smallest absolute Gasteiger partial charge is 0.0552 e. The van der Waals surface area contributed by atoms with Crippen molar-refractivity contribution in [3.05, 3.63) is 0 Å². The van der Waals surface area contributed by atoms with Crippen LogP contribution in [0.1, 0.15) is 19.8 Å². The third-order valence-electron chi connectivity index (χ3n) is 2.02. The van der Waals surface area contributed by atoms with E-state index in [1.165, 1.54) is 12.8 Å². The highest BCUT2D eigenvalue weighted by molar-refractivity contribution is 4.72. The summed E-state index contributed by atoms with van der Waals surface area (Å²) >= 11 is 0. The van der Waals surface area contributed by atoms with E-state index in [-0.39, 0.29) is 6.10 Å². The van der Waals surface area contributed by atoms with E-state index in [0.717, 1.165) is 13.1 Å². The van der Waals surface area contributed by atoms with Crippen LogP contribution in [-0.2, 0) is 0 Å². The van der Waals surface area contributed by atoms with Crippen LogP contribution in [0.15, 0.2) is 0 Å². The summed E-state index contributed by atoms with van der Waals surface area (Å²) < 4.78 is 0. The lowest BCUT2D eigenvalue weighted by molar-refractivity contribution is 0.109. The van der Waals surface area contributed by atoms with E-state index < -0.39 is 0 Å². The molecule has 0 spiro atoms. The van der Waals surface area contributed by atoms with Crippen LogP contribution in [0.25, 0.3) is 0 Å². The van der Waals surface area contributed by atoms with Gasteiger partial charge in [-0.05, 0) is 32.2 Å². The molecule has 0 unspecified atom stereocenters. The standard InChI is InChI=1S/C7H15NO/c1-6(9)7-3-2-4-8-5-7/h6-9H,2-5H2,1H3/t6-,7+/m0/s1. The van der Waals surface area contributed by atoms with Crippen LogP contribution in [0.2, 0.25) is 0 Å². The number of hydrogen-bond acceptors (Lipinski definition) is 2. The van der Waals surface area contributed by atoms with Crippen molar-refractivity contribution < 1.29 is 5.11 Å². The summed E-state index contributed by atoms with van der Waals surface area (Å²) in [5.41, 5.74) is 0. The topological polar surface area (TPSA) is 32.3 Å². The molecule has 2 heteroatoms. The van der Waals surface area contributed by atoms with E-state index in [9.17, 15) is 0 Å². The molecule has 0 radical (unpaired) electrons. The molecule has 0 amide bonds. The second-order valence-electron chi connectivity index (χ2n) is 2.85. The summed E-state index contributed by atoms with van der Waals surface area (Å²) in [5, 5.41) is 12.4. The number of hydrogen-bond donors (Lipinski definition) is 2. The predicted molar refractivity (Wildman–Crippen MR) is 37.3 cm³/mol. The monoisotopic (exact) mass is 129 g/mol. The van der Waals surface area contributed by atoms with E-state index in [2.05, 4.69) is 5.32 Å². The molecule has 0 bridgehead atoms. The van der Waals surface area contributed by atoms with Gasteiger partial charge in [0.05, 0.1) is 6.10 Å². The zero-order valence-electron chi connectivity index (χ0n) is 5.93. The molecule has 0 aromatic heterocycles. The molecule has 0 aliphatic carbocycles. The van der Waals surface area contributed by atoms with Crippen LogP contribution in [0.3, 0.4) is 0 Å². The van der Waals surface area contributed by atoms with Crippen molar-refractivity contribution in [2.75, 3.05) is 13.1 Å². The highest BCUT2D eigenvalue weighted by atomic mass is 16.3. The number of aliphatic hydroxyl groups excluding tert-OH is 1. The first-order valence-electron chi connectivity index (χ1n) is 3.69. The summed E-state index contributed by atoms with van der Waals surface area (Å²) in [5.74, 6) is 0.499. The van der Waals surface area contributed by atoms with Crippen LogP contribution in [0.4, 0.5) is 0 Å². The molecule has 0 saturated carbocycles. The van der Waals surface area contributed by atoms with Gasteiger partial charge in [-0.3, -0.25) is 0 Å². The van der Waals surface area contributed by atoms with Gasteiger partial charge in [0, 0.05) is 6.54 Å². The minimum absolute atomic E-state index is 0.127. The van der Waals surface area contributed by atoms with Gasteiger partial charge in [0.25, 0.3) is 0 Å². The maximum absolute atomic E-state index is 9.14. The largest absolute Gasteiger partial charge is 0.393 e. The van der Waals surface area contributed by atoms with Crippen LogP contribution in [0.5, 0.6) is 0 Å². The Labute approximate surface area is 56.3 Å². The van der Waals surface area contributed by atoms with Crippen LogP contribution in [0, 0.1) is 5.92 Å². The molecule has 0 aromatic rings. The summed E-state index contributed by atoms with van der Waals surface area (Å²) in [6, 6.07) is 0. The molecule has 1 saturated heterocycles. The van der Waals surface area contributed by atoms with Crippen LogP contribution >= 0.6 is 0 Å².